The lowest BCUT2D eigenvalue weighted by atomic mass is 10.0. The Morgan fingerprint density at radius 1 is 0.850 bits per heavy atom. The van der Waals surface area contributed by atoms with Gasteiger partial charge in [0.25, 0.3) is 0 Å². The molecule has 104 valence electrons. The van der Waals surface area contributed by atoms with E-state index >= 15 is 0 Å². The summed E-state index contributed by atoms with van der Waals surface area (Å²) in [6.07, 6.45) is 2.28. The molecule has 3 aromatic rings. The summed E-state index contributed by atoms with van der Waals surface area (Å²) in [6, 6.07) is 7.48. The van der Waals surface area contributed by atoms with Gasteiger partial charge in [-0.1, -0.05) is 44.5 Å². The van der Waals surface area contributed by atoms with E-state index in [2.05, 4.69) is 0 Å². The molecule has 1 aromatic heterocycles. The van der Waals surface area contributed by atoms with Crippen molar-refractivity contribution in [1.29, 1.82) is 0 Å². The molecule has 2 aromatic carbocycles. The van der Waals surface area contributed by atoms with Gasteiger partial charge >= 0.3 is 0 Å². The van der Waals surface area contributed by atoms with Crippen molar-refractivity contribution in [2.45, 2.75) is 33.1 Å². The first-order valence-corrected chi connectivity index (χ1v) is 7.80. The van der Waals surface area contributed by atoms with Crippen LogP contribution in [0.3, 0.4) is 0 Å². The fourth-order valence-corrected chi connectivity index (χ4v) is 3.88. The van der Waals surface area contributed by atoms with Crippen LogP contribution in [-0.4, -0.2) is 0 Å². The number of rotatable bonds is 3. The minimum atomic E-state index is -0.192. The molecule has 0 saturated carbocycles. The maximum absolute atomic E-state index is 14.5. The topological polar surface area (TPSA) is 0 Å². The molecule has 0 saturated heterocycles. The number of benzene rings is 2. The molecule has 0 amide bonds. The predicted molar refractivity (Wildman–Crippen MR) is 82.6 cm³/mol. The first-order valence-electron chi connectivity index (χ1n) is 6.98. The van der Waals surface area contributed by atoms with E-state index in [9.17, 15) is 8.78 Å². The van der Waals surface area contributed by atoms with Crippen molar-refractivity contribution in [3.63, 3.8) is 0 Å². The van der Waals surface area contributed by atoms with Crippen molar-refractivity contribution < 1.29 is 8.78 Å². The summed E-state index contributed by atoms with van der Waals surface area (Å²) < 4.78 is 30.0. The summed E-state index contributed by atoms with van der Waals surface area (Å²) in [4.78, 5) is 0. The van der Waals surface area contributed by atoms with Crippen LogP contribution in [0.25, 0.3) is 20.2 Å². The Hall–Kier alpha value is -1.48. The zero-order chi connectivity index (χ0) is 14.3. The SMILES string of the molecule is CCCc1ccc2c(sc3c(F)c(CC)ccc32)c1F. The Morgan fingerprint density at radius 2 is 1.40 bits per heavy atom. The van der Waals surface area contributed by atoms with Gasteiger partial charge in [-0.3, -0.25) is 0 Å². The van der Waals surface area contributed by atoms with E-state index in [-0.39, 0.29) is 11.6 Å². The van der Waals surface area contributed by atoms with Crippen LogP contribution in [0.2, 0.25) is 0 Å². The summed E-state index contributed by atoms with van der Waals surface area (Å²) >= 11 is 1.23. The summed E-state index contributed by atoms with van der Waals surface area (Å²) in [5.41, 5.74) is 1.42. The lowest BCUT2D eigenvalue weighted by Crippen LogP contribution is -1.89. The molecule has 3 heteroatoms. The predicted octanol–water partition coefficient (Wildman–Crippen LogP) is 5.85. The summed E-state index contributed by atoms with van der Waals surface area (Å²) in [5, 5.41) is 1.64. The first-order chi connectivity index (χ1) is 9.67. The first kappa shape index (κ1) is 13.5. The fourth-order valence-electron chi connectivity index (χ4n) is 2.65. The normalized spacial score (nSPS) is 11.6. The molecule has 0 atom stereocenters. The number of aryl methyl sites for hydroxylation is 2. The molecule has 0 fully saturated rings. The fraction of sp³-hybridized carbons (Fsp3) is 0.294. The Bertz CT molecular complexity index is 787. The van der Waals surface area contributed by atoms with Crippen molar-refractivity contribution in [3.8, 4) is 0 Å². The van der Waals surface area contributed by atoms with Gasteiger partial charge in [0.05, 0.1) is 9.40 Å². The van der Waals surface area contributed by atoms with Crippen molar-refractivity contribution in [3.05, 3.63) is 47.0 Å². The van der Waals surface area contributed by atoms with Gasteiger partial charge in [0.1, 0.15) is 11.6 Å². The van der Waals surface area contributed by atoms with Crippen molar-refractivity contribution in [2.24, 2.45) is 0 Å². The molecule has 0 radical (unpaired) electrons. The van der Waals surface area contributed by atoms with E-state index in [1.165, 1.54) is 11.3 Å². The second-order valence-electron chi connectivity index (χ2n) is 5.04. The summed E-state index contributed by atoms with van der Waals surface area (Å²) in [5.74, 6) is -0.370. The molecule has 0 nitrogen and oxygen atoms in total. The van der Waals surface area contributed by atoms with Gasteiger partial charge in [-0.2, -0.15) is 0 Å². The van der Waals surface area contributed by atoms with Gasteiger partial charge in [-0.25, -0.2) is 8.78 Å². The van der Waals surface area contributed by atoms with Gasteiger partial charge < -0.3 is 0 Å². The molecular formula is C17H16F2S. The highest BCUT2D eigenvalue weighted by Gasteiger charge is 2.16. The molecule has 1 heterocycles. The van der Waals surface area contributed by atoms with Gasteiger partial charge in [0.15, 0.2) is 0 Å². The molecule has 0 aliphatic rings. The van der Waals surface area contributed by atoms with Gasteiger partial charge in [-0.05, 0) is 24.0 Å². The molecule has 20 heavy (non-hydrogen) atoms. The van der Waals surface area contributed by atoms with Crippen LogP contribution in [0.4, 0.5) is 8.78 Å². The molecule has 0 N–H and O–H groups in total. The number of thiophene rings is 1. The van der Waals surface area contributed by atoms with Crippen LogP contribution in [-0.2, 0) is 12.8 Å². The molecule has 0 spiro atoms. The highest BCUT2D eigenvalue weighted by Crippen LogP contribution is 2.38. The number of hydrogen-bond acceptors (Lipinski definition) is 1. The molecule has 0 aliphatic carbocycles. The summed E-state index contributed by atoms with van der Waals surface area (Å²) in [7, 11) is 0. The van der Waals surface area contributed by atoms with Crippen molar-refractivity contribution in [1.82, 2.24) is 0 Å². The molecule has 0 aliphatic heterocycles. The summed E-state index contributed by atoms with van der Waals surface area (Å²) in [6.45, 7) is 3.96. The average Bonchev–Trinajstić information content (AvgIpc) is 2.83. The molecule has 3 rings (SSSR count). The third-order valence-electron chi connectivity index (χ3n) is 3.75. The maximum Gasteiger partial charge on any atom is 0.144 e. The van der Waals surface area contributed by atoms with E-state index in [0.717, 1.165) is 29.2 Å². The standard InChI is InChI=1S/C17H16F2S/c1-3-5-11-7-9-13-12-8-6-10(4-2)14(18)16(12)20-17(13)15(11)19/h6-9H,3-5H2,1-2H3. The van der Waals surface area contributed by atoms with E-state index in [1.54, 1.807) is 0 Å². The van der Waals surface area contributed by atoms with Crippen LogP contribution >= 0.6 is 11.3 Å². The minimum absolute atomic E-state index is 0.178. The van der Waals surface area contributed by atoms with Crippen LogP contribution in [0.5, 0.6) is 0 Å². The van der Waals surface area contributed by atoms with Gasteiger partial charge in [0, 0.05) is 10.8 Å². The number of fused-ring (bicyclic) bond motifs is 3. The van der Waals surface area contributed by atoms with Crippen LogP contribution in [0.15, 0.2) is 24.3 Å². The third-order valence-corrected chi connectivity index (χ3v) is 4.96. The Morgan fingerprint density at radius 3 is 1.95 bits per heavy atom. The Kier molecular flexibility index (Phi) is 3.47. The minimum Gasteiger partial charge on any atom is -0.205 e. The van der Waals surface area contributed by atoms with E-state index in [4.69, 9.17) is 0 Å². The third kappa shape index (κ3) is 1.92. The maximum atomic E-state index is 14.5. The largest absolute Gasteiger partial charge is 0.205 e. The monoisotopic (exact) mass is 290 g/mol. The van der Waals surface area contributed by atoms with E-state index in [0.29, 0.717) is 21.4 Å². The zero-order valence-electron chi connectivity index (χ0n) is 11.6. The Labute approximate surface area is 121 Å². The highest BCUT2D eigenvalue weighted by atomic mass is 32.1. The van der Waals surface area contributed by atoms with E-state index in [1.807, 2.05) is 38.1 Å². The van der Waals surface area contributed by atoms with Gasteiger partial charge in [0.2, 0.25) is 0 Å². The second-order valence-corrected chi connectivity index (χ2v) is 6.06. The smallest absolute Gasteiger partial charge is 0.144 e. The number of hydrogen-bond donors (Lipinski definition) is 0. The lowest BCUT2D eigenvalue weighted by molar-refractivity contribution is 0.621. The zero-order valence-corrected chi connectivity index (χ0v) is 12.4. The Balaban J connectivity index is 2.35. The average molecular weight is 290 g/mol. The van der Waals surface area contributed by atoms with Gasteiger partial charge in [-0.15, -0.1) is 11.3 Å². The van der Waals surface area contributed by atoms with Crippen molar-refractivity contribution >= 4 is 31.5 Å². The highest BCUT2D eigenvalue weighted by molar-refractivity contribution is 7.25. The number of halogens is 2. The van der Waals surface area contributed by atoms with E-state index < -0.39 is 0 Å². The van der Waals surface area contributed by atoms with Crippen molar-refractivity contribution in [2.75, 3.05) is 0 Å². The second kappa shape index (κ2) is 5.13. The molecule has 0 unspecified atom stereocenters. The quantitative estimate of drug-likeness (QED) is 0.568. The van der Waals surface area contributed by atoms with Crippen LogP contribution in [0.1, 0.15) is 31.4 Å². The molecule has 0 bridgehead atoms. The van der Waals surface area contributed by atoms with Crippen LogP contribution in [0, 0.1) is 11.6 Å². The molecular weight excluding hydrogens is 274 g/mol. The van der Waals surface area contributed by atoms with Crippen LogP contribution < -0.4 is 0 Å². The lowest BCUT2D eigenvalue weighted by Gasteiger charge is -2.02.